The third-order valence-corrected chi connectivity index (χ3v) is 5.62. The second kappa shape index (κ2) is 9.87. The number of amides is 1. The molecule has 1 heterocycles. The van der Waals surface area contributed by atoms with E-state index in [-0.39, 0.29) is 11.9 Å². The van der Waals surface area contributed by atoms with Crippen molar-refractivity contribution >= 4 is 32.9 Å². The van der Waals surface area contributed by atoms with E-state index in [9.17, 15) is 4.79 Å². The lowest BCUT2D eigenvalue weighted by Crippen LogP contribution is -2.29. The molecule has 164 valence electrons. The number of benzene rings is 3. The number of aromatic nitrogens is 2. The van der Waals surface area contributed by atoms with Crippen molar-refractivity contribution in [3.05, 3.63) is 88.7 Å². The highest BCUT2D eigenvalue weighted by Crippen LogP contribution is 2.23. The molecule has 0 saturated carbocycles. The molecule has 4 rings (SSSR count). The van der Waals surface area contributed by atoms with Crippen molar-refractivity contribution in [2.45, 2.75) is 19.5 Å². The Labute approximate surface area is 195 Å². The van der Waals surface area contributed by atoms with Crippen molar-refractivity contribution in [1.29, 1.82) is 0 Å². The summed E-state index contributed by atoms with van der Waals surface area (Å²) >= 11 is 3.41. The van der Waals surface area contributed by atoms with Crippen LogP contribution in [0.2, 0.25) is 0 Å². The molecule has 0 fully saturated rings. The van der Waals surface area contributed by atoms with E-state index in [2.05, 4.69) is 25.8 Å². The van der Waals surface area contributed by atoms with Crippen molar-refractivity contribution in [1.82, 2.24) is 14.9 Å². The molecule has 0 radical (unpaired) electrons. The standard InChI is InChI=1S/C25H24BrN3O3/c1-17(27-25(30)18-7-5-8-19(26)15-18)24-28-22-11-3-4-12-23(22)29(24)13-14-32-21-10-6-9-20(16-21)31-2/h3-12,15-17H,13-14H2,1-2H3,(H,27,30). The van der Waals surface area contributed by atoms with Crippen LogP contribution in [0.1, 0.15) is 29.1 Å². The Morgan fingerprint density at radius 3 is 2.66 bits per heavy atom. The summed E-state index contributed by atoms with van der Waals surface area (Å²) in [6, 6.07) is 22.5. The zero-order valence-electron chi connectivity index (χ0n) is 17.9. The molecular formula is C25H24BrN3O3. The first-order valence-electron chi connectivity index (χ1n) is 10.3. The summed E-state index contributed by atoms with van der Waals surface area (Å²) in [4.78, 5) is 17.6. The largest absolute Gasteiger partial charge is 0.497 e. The van der Waals surface area contributed by atoms with E-state index in [4.69, 9.17) is 14.5 Å². The van der Waals surface area contributed by atoms with Gasteiger partial charge in [0.25, 0.3) is 5.91 Å². The second-order valence-corrected chi connectivity index (χ2v) is 8.26. The van der Waals surface area contributed by atoms with E-state index in [0.29, 0.717) is 18.7 Å². The van der Waals surface area contributed by atoms with Gasteiger partial charge in [0.05, 0.1) is 30.7 Å². The average molecular weight is 494 g/mol. The molecule has 0 aliphatic carbocycles. The van der Waals surface area contributed by atoms with Gasteiger partial charge in [-0.1, -0.05) is 40.2 Å². The number of rotatable bonds is 8. The van der Waals surface area contributed by atoms with E-state index >= 15 is 0 Å². The molecule has 0 saturated heterocycles. The van der Waals surface area contributed by atoms with Crippen molar-refractivity contribution < 1.29 is 14.3 Å². The maximum atomic E-state index is 12.8. The number of carbonyl (C=O) groups is 1. The fraction of sp³-hybridized carbons (Fsp3) is 0.200. The zero-order chi connectivity index (χ0) is 22.5. The Morgan fingerprint density at radius 2 is 1.84 bits per heavy atom. The number of para-hydroxylation sites is 2. The molecule has 0 bridgehead atoms. The van der Waals surface area contributed by atoms with E-state index in [0.717, 1.165) is 32.8 Å². The lowest BCUT2D eigenvalue weighted by molar-refractivity contribution is 0.0937. The first-order valence-corrected chi connectivity index (χ1v) is 11.1. The van der Waals surface area contributed by atoms with Gasteiger partial charge in [-0.3, -0.25) is 4.79 Å². The molecule has 3 aromatic carbocycles. The number of nitrogens with one attached hydrogen (secondary N) is 1. The highest BCUT2D eigenvalue weighted by molar-refractivity contribution is 9.10. The number of fused-ring (bicyclic) bond motifs is 1. The van der Waals surface area contributed by atoms with Crippen molar-refractivity contribution in [3.8, 4) is 11.5 Å². The van der Waals surface area contributed by atoms with Crippen molar-refractivity contribution in [2.75, 3.05) is 13.7 Å². The SMILES string of the molecule is COc1cccc(OCCn2c(C(C)NC(=O)c3cccc(Br)c3)nc3ccccc32)c1. The minimum Gasteiger partial charge on any atom is -0.497 e. The normalized spacial score (nSPS) is 11.8. The number of hydrogen-bond donors (Lipinski definition) is 1. The van der Waals surface area contributed by atoms with Crippen LogP contribution in [-0.2, 0) is 6.54 Å². The highest BCUT2D eigenvalue weighted by Gasteiger charge is 2.19. The van der Waals surface area contributed by atoms with Crippen molar-refractivity contribution in [2.24, 2.45) is 0 Å². The number of methoxy groups -OCH3 is 1. The van der Waals surface area contributed by atoms with Crippen LogP contribution in [0.15, 0.2) is 77.3 Å². The third-order valence-electron chi connectivity index (χ3n) is 5.13. The van der Waals surface area contributed by atoms with Crippen LogP contribution in [-0.4, -0.2) is 29.2 Å². The van der Waals surface area contributed by atoms with Gasteiger partial charge in [0, 0.05) is 16.1 Å². The lowest BCUT2D eigenvalue weighted by Gasteiger charge is -2.17. The monoisotopic (exact) mass is 493 g/mol. The van der Waals surface area contributed by atoms with Crippen LogP contribution in [0.25, 0.3) is 11.0 Å². The smallest absolute Gasteiger partial charge is 0.251 e. The predicted molar refractivity (Wildman–Crippen MR) is 128 cm³/mol. The lowest BCUT2D eigenvalue weighted by atomic mass is 10.2. The maximum Gasteiger partial charge on any atom is 0.251 e. The minimum atomic E-state index is -0.286. The van der Waals surface area contributed by atoms with Gasteiger partial charge in [-0.25, -0.2) is 4.98 Å². The van der Waals surface area contributed by atoms with Gasteiger partial charge in [-0.05, 0) is 49.4 Å². The number of hydrogen-bond acceptors (Lipinski definition) is 4. The van der Waals surface area contributed by atoms with Gasteiger partial charge in [-0.15, -0.1) is 0 Å². The summed E-state index contributed by atoms with van der Waals surface area (Å²) in [5.41, 5.74) is 2.47. The molecular weight excluding hydrogens is 470 g/mol. The number of imidazole rings is 1. The summed E-state index contributed by atoms with van der Waals surface area (Å²) in [5, 5.41) is 3.06. The average Bonchev–Trinajstić information content (AvgIpc) is 3.18. The highest BCUT2D eigenvalue weighted by atomic mass is 79.9. The first-order chi connectivity index (χ1) is 15.5. The van der Waals surface area contributed by atoms with Crippen LogP contribution in [0.4, 0.5) is 0 Å². The van der Waals surface area contributed by atoms with Crippen LogP contribution in [0.3, 0.4) is 0 Å². The van der Waals surface area contributed by atoms with Crippen LogP contribution in [0.5, 0.6) is 11.5 Å². The van der Waals surface area contributed by atoms with Crippen LogP contribution >= 0.6 is 15.9 Å². The molecule has 1 unspecified atom stereocenters. The molecule has 32 heavy (non-hydrogen) atoms. The summed E-state index contributed by atoms with van der Waals surface area (Å²) in [7, 11) is 1.63. The molecule has 7 heteroatoms. The Bertz CT molecular complexity index is 1240. The maximum absolute atomic E-state index is 12.8. The van der Waals surface area contributed by atoms with E-state index in [1.54, 1.807) is 19.2 Å². The summed E-state index contributed by atoms with van der Waals surface area (Å²) < 4.78 is 14.2. The number of ether oxygens (including phenoxy) is 2. The predicted octanol–water partition coefficient (Wildman–Crippen LogP) is 5.38. The molecule has 1 atom stereocenters. The van der Waals surface area contributed by atoms with E-state index < -0.39 is 0 Å². The quantitative estimate of drug-likeness (QED) is 0.358. The molecule has 4 aromatic rings. The summed E-state index contributed by atoms with van der Waals surface area (Å²) in [5.74, 6) is 2.13. The second-order valence-electron chi connectivity index (χ2n) is 7.34. The van der Waals surface area contributed by atoms with Crippen LogP contribution < -0.4 is 14.8 Å². The van der Waals surface area contributed by atoms with Gasteiger partial charge < -0.3 is 19.4 Å². The number of carbonyl (C=O) groups excluding carboxylic acids is 1. The Hall–Kier alpha value is -3.32. The van der Waals surface area contributed by atoms with Gasteiger partial charge >= 0.3 is 0 Å². The fourth-order valence-corrected chi connectivity index (χ4v) is 3.98. The number of halogens is 1. The minimum absolute atomic E-state index is 0.148. The van der Waals surface area contributed by atoms with Gasteiger partial charge in [0.15, 0.2) is 0 Å². The van der Waals surface area contributed by atoms with E-state index in [1.807, 2.05) is 67.6 Å². The fourth-order valence-electron chi connectivity index (χ4n) is 3.58. The summed E-state index contributed by atoms with van der Waals surface area (Å²) in [6.07, 6.45) is 0. The topological polar surface area (TPSA) is 65.4 Å². The van der Waals surface area contributed by atoms with Crippen molar-refractivity contribution in [3.63, 3.8) is 0 Å². The molecule has 1 amide bonds. The molecule has 0 spiro atoms. The third kappa shape index (κ3) is 4.94. The molecule has 0 aliphatic rings. The Morgan fingerprint density at radius 1 is 1.06 bits per heavy atom. The van der Waals surface area contributed by atoms with Gasteiger partial charge in [-0.2, -0.15) is 0 Å². The van der Waals surface area contributed by atoms with Gasteiger partial charge in [0.1, 0.15) is 23.9 Å². The molecule has 1 N–H and O–H groups in total. The van der Waals surface area contributed by atoms with E-state index in [1.165, 1.54) is 0 Å². The Balaban J connectivity index is 1.53. The summed E-state index contributed by atoms with van der Waals surface area (Å²) in [6.45, 7) is 2.98. The molecule has 1 aromatic heterocycles. The molecule has 6 nitrogen and oxygen atoms in total. The Kier molecular flexibility index (Phi) is 6.75. The molecule has 0 aliphatic heterocycles. The first kappa shape index (κ1) is 21.9. The van der Waals surface area contributed by atoms with Crippen LogP contribution in [0, 0.1) is 0 Å². The zero-order valence-corrected chi connectivity index (χ0v) is 19.5. The number of nitrogens with zero attached hydrogens (tertiary/aromatic N) is 2. The van der Waals surface area contributed by atoms with Gasteiger partial charge in [0.2, 0.25) is 0 Å².